The first kappa shape index (κ1) is 106. The zero-order chi connectivity index (χ0) is 99.3. The fraction of sp³-hybridized carbons (Fsp3) is 0.538. The number of carboxylic acid groups (broad SMARTS) is 1. The van der Waals surface area contributed by atoms with Gasteiger partial charge in [0.05, 0.1) is 37.2 Å². The zero-order valence-electron chi connectivity index (χ0n) is 77.9. The van der Waals surface area contributed by atoms with Gasteiger partial charge in [-0.1, -0.05) is 102 Å². The first-order valence-electron chi connectivity index (χ1n) is 46.1. The van der Waals surface area contributed by atoms with E-state index in [9.17, 15) is 58.5 Å². The Labute approximate surface area is 791 Å². The maximum absolute atomic E-state index is 15.9. The molecule has 3 aliphatic heterocycles. The van der Waals surface area contributed by atoms with E-state index in [1.807, 2.05) is 13.8 Å². The summed E-state index contributed by atoms with van der Waals surface area (Å²) < 4.78 is 0. The summed E-state index contributed by atoms with van der Waals surface area (Å²) in [6, 6.07) is -0.241. The molecule has 6 aromatic rings. The van der Waals surface area contributed by atoms with Gasteiger partial charge in [-0.15, -0.1) is 11.8 Å². The number of thioether (sulfide) groups is 1. The molecule has 0 radical (unpaired) electrons. The monoisotopic (exact) mass is 1910 g/mol. The number of phenols is 1. The predicted octanol–water partition coefficient (Wildman–Crippen LogP) is -0.490. The number of aliphatic hydroxyl groups is 1. The molecule has 6 heterocycles. The lowest BCUT2D eigenvalue weighted by molar-refractivity contribution is -0.149. The van der Waals surface area contributed by atoms with E-state index >= 15 is 43.2 Å². The van der Waals surface area contributed by atoms with Crippen LogP contribution in [0.15, 0.2) is 97.7 Å². The number of likely N-dealkylation sites (N-methyl/N-ethyl adjacent to an activating group) is 3. The molecular weight excluding hydrogens is 1780 g/mol. The first-order chi connectivity index (χ1) is 64.8. The number of aliphatic hydroxyl groups excluding tert-OH is 1. The van der Waals surface area contributed by atoms with Crippen LogP contribution in [-0.2, 0) is 112 Å². The largest absolute Gasteiger partial charge is 0.508 e. The molecule has 9 rings (SSSR count). The first-order valence-corrected chi connectivity index (χ1v) is 47.3. The van der Waals surface area contributed by atoms with Gasteiger partial charge in [-0.05, 0) is 112 Å². The molecule has 738 valence electrons. The second-order valence-electron chi connectivity index (χ2n) is 35.3. The number of aliphatic carboxylic acids is 1. The molecule has 43 heteroatoms. The molecule has 3 fully saturated rings. The van der Waals surface area contributed by atoms with E-state index in [2.05, 4.69) is 67.8 Å². The van der Waals surface area contributed by atoms with Gasteiger partial charge in [0.2, 0.25) is 94.5 Å². The van der Waals surface area contributed by atoms with Crippen LogP contribution in [0.4, 0.5) is 0 Å². The van der Waals surface area contributed by atoms with Crippen molar-refractivity contribution < 1.29 is 102 Å². The number of amides is 16. The fourth-order valence-electron chi connectivity index (χ4n) is 17.4. The number of carbonyl (C=O) groups is 18. The van der Waals surface area contributed by atoms with Gasteiger partial charge in [0, 0.05) is 136 Å². The summed E-state index contributed by atoms with van der Waals surface area (Å²) in [6.07, 6.45) is 1.70. The molecule has 15 atom stereocenters. The number of benzene rings is 3. The van der Waals surface area contributed by atoms with Gasteiger partial charge in [-0.3, -0.25) is 86.3 Å². The second kappa shape index (κ2) is 50.9. The van der Waals surface area contributed by atoms with E-state index in [0.29, 0.717) is 64.2 Å². The molecule has 3 saturated heterocycles. The van der Waals surface area contributed by atoms with Crippen molar-refractivity contribution in [1.29, 1.82) is 0 Å². The molecule has 42 nitrogen and oxygen atoms in total. The number of carboxylic acids is 1. The Balaban J connectivity index is 1.11. The van der Waals surface area contributed by atoms with Crippen LogP contribution in [0.3, 0.4) is 0 Å². The van der Waals surface area contributed by atoms with Crippen molar-refractivity contribution in [1.82, 2.24) is 92.3 Å². The van der Waals surface area contributed by atoms with Crippen molar-refractivity contribution in [3.63, 3.8) is 0 Å². The molecule has 0 saturated carbocycles. The third-order valence-electron chi connectivity index (χ3n) is 24.7. The van der Waals surface area contributed by atoms with Gasteiger partial charge in [-0.25, -0.2) is 4.98 Å². The minimum Gasteiger partial charge on any atom is -0.508 e. The summed E-state index contributed by atoms with van der Waals surface area (Å²) in [5, 5.41) is 57.2. The number of Topliss-reactive ketones (excluding diaryl/α,β-unsaturated/α-hetero) is 1. The number of aromatic hydroxyl groups is 1. The predicted molar refractivity (Wildman–Crippen MR) is 500 cm³/mol. The standard InChI is InChI=1S/C93H129N21O21S/c1-9-12-23-72-86(128)105-66(35-51(4)5)84(126)109-71(83(125)100-46-78(96)119)48-136-49-79(120)102-68(36-53-26-28-58(115)29-27-53)91(133)112(11-3)52(6)81(123)107-70(42-77(95)118)92(134)113-34-18-25-73(113)87(129)106-67(40-57-45-97-50-101-57)85(127)103-64(30-31-80(121)122)90(132)114-47-59(116)41-75(114)88(130)104-65(37-55-43-98-62-21-16-14-19-60(55)62)76(117)39-54(32-33-94)82(124)108-69(38-56-44-99-63-22-17-15-20-61(56)63)89(131)111(8)74(24-13-10-2)93(135)110(72)7/h14-17,19-22,26-29,43-45,50-52,54,59,64-75,98-99,115-116H,9-13,18,23-25,30-42,46-49,94H2,1-8H3,(H2,95,118)(H2,96,119)(H,97,101)(H,100,125)(H,102,120)(H,103,127)(H,104,130)(H,105,128)(H,106,129)(H,107,123)(H,108,124)(H,109,126)(H,121,122)/t52-,54+,59+,64-,65-,66-,67-,68-,69-,70-,71-,72-,73-,74-,75-/m0/s1. The van der Waals surface area contributed by atoms with Crippen molar-refractivity contribution in [3.8, 4) is 5.75 Å². The second-order valence-corrected chi connectivity index (χ2v) is 36.3. The van der Waals surface area contributed by atoms with Crippen LogP contribution in [0.1, 0.15) is 160 Å². The van der Waals surface area contributed by atoms with Gasteiger partial charge < -0.3 is 120 Å². The SMILES string of the molecule is CCCC[C@H]1C(=O)N(C)[C@@H](CCCC)C(=O)N[C@@H](CC(C)C)C(=O)N[C@H](C(=O)NCC(N)=O)CSCC(=O)N[C@@H](Cc2ccc(O)cc2)C(=O)N(CC)[C@@H](C)C(=O)N[C@@H](CC(N)=O)C(=O)N2CCC[C@H]2C(=O)N[C@@H](Cc2cnc[nH]2)C(=O)N[C@@H](CCC(=O)O)C(=O)N2C[C@H](O)C[C@H]2C(=O)N[C@@H](Cc2c[nH]c3ccccc23)C(=O)C[C@@H](CCN)C(=O)N[C@@H](Cc2c[nH]c3ccccc23)C(=O)N1C. The van der Waals surface area contributed by atoms with Crippen LogP contribution >= 0.6 is 11.8 Å². The van der Waals surface area contributed by atoms with Crippen LogP contribution < -0.4 is 65.1 Å². The average molecular weight is 1910 g/mol. The van der Waals surface area contributed by atoms with Crippen LogP contribution in [-0.4, -0.2) is 309 Å². The zero-order valence-corrected chi connectivity index (χ0v) is 78.7. The number of imidazole rings is 1. The van der Waals surface area contributed by atoms with Crippen molar-refractivity contribution in [3.05, 3.63) is 120 Å². The van der Waals surface area contributed by atoms with Crippen molar-refractivity contribution in [2.45, 2.75) is 248 Å². The number of H-pyrrole nitrogens is 3. The molecule has 21 N–H and O–H groups in total. The number of aromatic nitrogens is 4. The smallest absolute Gasteiger partial charge is 0.303 e. The Morgan fingerprint density at radius 2 is 1.15 bits per heavy atom. The van der Waals surface area contributed by atoms with E-state index in [1.165, 1.54) is 74.5 Å². The lowest BCUT2D eigenvalue weighted by Gasteiger charge is -2.36. The molecular formula is C93H129N21O21S. The number of hydrogen-bond donors (Lipinski definition) is 18. The third kappa shape index (κ3) is 29.4. The number of hydrogen-bond acceptors (Lipinski definition) is 23. The Bertz CT molecular complexity index is 5240. The third-order valence-corrected chi connectivity index (χ3v) is 25.8. The molecule has 0 aliphatic carbocycles. The molecule has 16 amide bonds. The summed E-state index contributed by atoms with van der Waals surface area (Å²) in [5.41, 5.74) is 20.5. The highest BCUT2D eigenvalue weighted by Gasteiger charge is 2.47. The maximum atomic E-state index is 15.9. The van der Waals surface area contributed by atoms with Crippen molar-refractivity contribution >= 4 is 140 Å². The number of fused-ring (bicyclic) bond motifs is 4. The minimum absolute atomic E-state index is 0.0341. The van der Waals surface area contributed by atoms with Crippen molar-refractivity contribution in [2.24, 2.45) is 29.0 Å². The Morgan fingerprint density at radius 3 is 1.76 bits per heavy atom. The van der Waals surface area contributed by atoms with E-state index in [1.54, 1.807) is 74.8 Å². The molecule has 3 aromatic heterocycles. The molecule has 0 unspecified atom stereocenters. The number of para-hydroxylation sites is 2. The van der Waals surface area contributed by atoms with E-state index < -0.39 is 254 Å². The number of aromatic amines is 3. The van der Waals surface area contributed by atoms with Crippen LogP contribution in [0.25, 0.3) is 21.8 Å². The number of nitrogens with one attached hydrogen (secondary N) is 12. The van der Waals surface area contributed by atoms with Gasteiger partial charge >= 0.3 is 5.97 Å². The number of phenolic OH excluding ortho intramolecular Hbond substituents is 1. The number of carbonyl (C=O) groups excluding carboxylic acids is 17. The number of primary amides is 2. The number of ketones is 1. The lowest BCUT2D eigenvalue weighted by atomic mass is 9.91. The van der Waals surface area contributed by atoms with Crippen molar-refractivity contribution in [2.75, 3.05) is 58.3 Å². The highest BCUT2D eigenvalue weighted by molar-refractivity contribution is 8.00. The summed E-state index contributed by atoms with van der Waals surface area (Å²) in [4.78, 5) is 283. The quantitative estimate of drug-likeness (QED) is 0.0309. The number of nitrogens with zero attached hydrogens (tertiary/aromatic N) is 6. The Morgan fingerprint density at radius 1 is 0.581 bits per heavy atom. The van der Waals surface area contributed by atoms with E-state index in [0.717, 1.165) is 26.5 Å². The highest BCUT2D eigenvalue weighted by atomic mass is 32.2. The lowest BCUT2D eigenvalue weighted by Crippen LogP contribution is -2.60. The number of rotatable bonds is 27. The van der Waals surface area contributed by atoms with Gasteiger partial charge in [0.15, 0.2) is 5.78 Å². The normalized spacial score (nSPS) is 24.8. The molecule has 0 bridgehead atoms. The number of unbranched alkanes of at least 4 members (excludes halogenated alkanes) is 2. The van der Waals surface area contributed by atoms with Gasteiger partial charge in [0.1, 0.15) is 78.3 Å². The summed E-state index contributed by atoms with van der Waals surface area (Å²) >= 11 is 0.796. The minimum atomic E-state index is -1.82. The van der Waals surface area contributed by atoms with Crippen LogP contribution in [0.2, 0.25) is 0 Å². The molecule has 136 heavy (non-hydrogen) atoms. The van der Waals surface area contributed by atoms with E-state index in [4.69, 9.17) is 17.2 Å². The van der Waals surface area contributed by atoms with Crippen LogP contribution in [0, 0.1) is 11.8 Å². The average Bonchev–Trinajstić information content (AvgIpc) is 1.60. The Hall–Kier alpha value is -13.3. The fourth-order valence-corrected chi connectivity index (χ4v) is 18.2. The van der Waals surface area contributed by atoms with Gasteiger partial charge in [-0.2, -0.15) is 0 Å². The van der Waals surface area contributed by atoms with Crippen LogP contribution in [0.5, 0.6) is 5.75 Å². The topological polar surface area (TPSA) is 631 Å². The molecule has 3 aromatic carbocycles. The summed E-state index contributed by atoms with van der Waals surface area (Å²) in [5.74, 6) is -19.7. The summed E-state index contributed by atoms with van der Waals surface area (Å²) in [6.45, 7) is 8.23. The molecule has 0 spiro atoms. The highest BCUT2D eigenvalue weighted by Crippen LogP contribution is 2.29. The Kier molecular flexibility index (Phi) is 39.8. The van der Waals surface area contributed by atoms with Gasteiger partial charge in [0.25, 0.3) is 0 Å². The van der Waals surface area contributed by atoms with E-state index in [-0.39, 0.29) is 101 Å². The molecule has 3 aliphatic rings. The summed E-state index contributed by atoms with van der Waals surface area (Å²) in [7, 11) is 2.78. The maximum Gasteiger partial charge on any atom is 0.303 e. The number of nitrogens with two attached hydrogens (primary N) is 3.